The lowest BCUT2D eigenvalue weighted by Crippen LogP contribution is -2.49. The zero-order valence-electron chi connectivity index (χ0n) is 38.0. The van der Waals surface area contributed by atoms with Crippen molar-refractivity contribution in [3.63, 3.8) is 0 Å². The number of aromatic nitrogens is 4. The van der Waals surface area contributed by atoms with Crippen molar-refractivity contribution in [1.82, 2.24) is 28.9 Å². The predicted molar refractivity (Wildman–Crippen MR) is 251 cm³/mol. The minimum atomic E-state index is -0.234. The molecule has 0 spiro atoms. The first-order chi connectivity index (χ1) is 32.1. The van der Waals surface area contributed by atoms with E-state index in [-0.39, 0.29) is 47.6 Å². The molecule has 0 radical (unpaired) electrons. The van der Waals surface area contributed by atoms with Gasteiger partial charge in [-0.3, -0.25) is 9.59 Å². The molecule has 66 heavy (non-hydrogen) atoms. The molecule has 4 fully saturated rings. The number of piperidine rings is 4. The molecule has 0 N–H and O–H groups in total. The van der Waals surface area contributed by atoms with Gasteiger partial charge in [-0.15, -0.1) is 0 Å². The second kappa shape index (κ2) is 19.3. The number of hydrogen-bond acceptors (Lipinski definition) is 6. The Morgan fingerprint density at radius 2 is 1.00 bits per heavy atom. The number of carbonyl (C=O) groups excluding carboxylic acids is 2. The number of hydrogen-bond donors (Lipinski definition) is 0. The smallest absolute Gasteiger partial charge is 0.250 e. The molecule has 4 atom stereocenters. The third-order valence-electron chi connectivity index (χ3n) is 13.6. The standard InChI is InChI=1S/2C27H28FN3O2/c2*1-18-16-30(17-29-18)25-13-10-19(15-26(25)33-2)14-20-11-12-21-6-5-9-24(31(21)27(20)32)22-7-3-4-8-23(22)28/h2*3-4,7-8,10,13-17,21,24H,5-6,9,11-12H2,1-2H3/b2*20-14+/t2*21-,24+/m10/s1. The molecule has 4 aliphatic rings. The van der Waals surface area contributed by atoms with Crippen molar-refractivity contribution in [3.8, 4) is 22.9 Å². The van der Waals surface area contributed by atoms with Crippen LogP contribution in [0.3, 0.4) is 0 Å². The Bertz CT molecular complexity index is 2620. The molecule has 10 nitrogen and oxygen atoms in total. The molecule has 6 aromatic rings. The number of halogens is 2. The monoisotopic (exact) mass is 890 g/mol. The molecular formula is C54H56F2N6O4. The molecular weight excluding hydrogens is 835 g/mol. The largest absolute Gasteiger partial charge is 0.495 e. The van der Waals surface area contributed by atoms with Gasteiger partial charge in [0.05, 0.1) is 61.7 Å². The first-order valence-corrected chi connectivity index (χ1v) is 23.0. The number of rotatable bonds is 8. The lowest BCUT2D eigenvalue weighted by atomic mass is 9.83. The molecule has 10 rings (SSSR count). The lowest BCUT2D eigenvalue weighted by Gasteiger charge is -2.46. The second-order valence-electron chi connectivity index (χ2n) is 17.8. The van der Waals surface area contributed by atoms with E-state index in [1.165, 1.54) is 12.1 Å². The molecule has 340 valence electrons. The van der Waals surface area contributed by atoms with Gasteiger partial charge in [0.1, 0.15) is 23.1 Å². The summed E-state index contributed by atoms with van der Waals surface area (Å²) in [5, 5.41) is 0. The number of imidazole rings is 2. The van der Waals surface area contributed by atoms with E-state index in [0.29, 0.717) is 22.6 Å². The van der Waals surface area contributed by atoms with Gasteiger partial charge in [-0.2, -0.15) is 0 Å². The summed E-state index contributed by atoms with van der Waals surface area (Å²) >= 11 is 0. The first kappa shape index (κ1) is 44.4. The fourth-order valence-electron chi connectivity index (χ4n) is 10.4. The average Bonchev–Trinajstić information content (AvgIpc) is 3.98. The van der Waals surface area contributed by atoms with Crippen molar-refractivity contribution in [2.75, 3.05) is 14.2 Å². The summed E-state index contributed by atoms with van der Waals surface area (Å²) in [4.78, 5) is 39.7. The number of benzene rings is 4. The third kappa shape index (κ3) is 9.05. The molecule has 0 unspecified atom stereocenters. The molecule has 0 bridgehead atoms. The van der Waals surface area contributed by atoms with Crippen molar-refractivity contribution in [1.29, 1.82) is 0 Å². The maximum atomic E-state index is 14.6. The number of fused-ring (bicyclic) bond motifs is 2. The van der Waals surface area contributed by atoms with E-state index in [1.807, 2.05) is 118 Å². The maximum absolute atomic E-state index is 14.6. The number of ether oxygens (including phenoxy) is 2. The fraction of sp³-hybridized carbons (Fsp3) is 0.333. The van der Waals surface area contributed by atoms with Crippen LogP contribution in [0.5, 0.6) is 11.5 Å². The van der Waals surface area contributed by atoms with Crippen LogP contribution >= 0.6 is 0 Å². The number of amides is 2. The van der Waals surface area contributed by atoms with E-state index in [2.05, 4.69) is 9.97 Å². The van der Waals surface area contributed by atoms with Gasteiger partial charge in [-0.05, 0) is 138 Å². The zero-order chi connectivity index (χ0) is 45.9. The summed E-state index contributed by atoms with van der Waals surface area (Å²) in [7, 11) is 3.28. The van der Waals surface area contributed by atoms with Crippen LogP contribution in [0.1, 0.15) is 110 Å². The predicted octanol–water partition coefficient (Wildman–Crippen LogP) is 11.3. The Kier molecular flexibility index (Phi) is 13.0. The van der Waals surface area contributed by atoms with Crippen LogP contribution in [0.2, 0.25) is 0 Å². The molecule has 6 heterocycles. The normalized spacial score (nSPS) is 21.8. The summed E-state index contributed by atoms with van der Waals surface area (Å²) in [5.74, 6) is 0.999. The van der Waals surface area contributed by atoms with Crippen LogP contribution < -0.4 is 9.47 Å². The van der Waals surface area contributed by atoms with Crippen LogP contribution in [-0.2, 0) is 9.59 Å². The van der Waals surface area contributed by atoms with Gasteiger partial charge in [0.25, 0.3) is 11.8 Å². The molecule has 0 saturated carbocycles. The quantitative estimate of drug-likeness (QED) is 0.141. The Labute approximate surface area is 385 Å². The molecule has 12 heteroatoms. The lowest BCUT2D eigenvalue weighted by molar-refractivity contribution is -0.137. The number of aryl methyl sites for hydroxylation is 2. The highest BCUT2D eigenvalue weighted by Gasteiger charge is 2.41. The zero-order valence-corrected chi connectivity index (χ0v) is 38.0. The molecule has 2 aromatic heterocycles. The van der Waals surface area contributed by atoms with E-state index in [0.717, 1.165) is 109 Å². The van der Waals surface area contributed by atoms with Gasteiger partial charge in [0.2, 0.25) is 0 Å². The van der Waals surface area contributed by atoms with Gasteiger partial charge >= 0.3 is 0 Å². The van der Waals surface area contributed by atoms with Crippen molar-refractivity contribution < 1.29 is 27.8 Å². The van der Waals surface area contributed by atoms with Crippen molar-refractivity contribution in [3.05, 3.63) is 166 Å². The highest BCUT2D eigenvalue weighted by atomic mass is 19.1. The van der Waals surface area contributed by atoms with Crippen molar-refractivity contribution in [2.45, 2.75) is 102 Å². The maximum Gasteiger partial charge on any atom is 0.250 e. The average molecular weight is 891 g/mol. The van der Waals surface area contributed by atoms with Crippen molar-refractivity contribution >= 4 is 24.0 Å². The minimum absolute atomic E-state index is 0.0208. The van der Waals surface area contributed by atoms with Crippen LogP contribution in [0, 0.1) is 25.5 Å². The van der Waals surface area contributed by atoms with Crippen molar-refractivity contribution in [2.24, 2.45) is 0 Å². The summed E-state index contributed by atoms with van der Waals surface area (Å²) < 4.78 is 44.3. The molecule has 2 amide bonds. The molecule has 4 saturated heterocycles. The van der Waals surface area contributed by atoms with E-state index in [1.54, 1.807) is 39.0 Å². The second-order valence-corrected chi connectivity index (χ2v) is 17.8. The Hall–Kier alpha value is -6.82. The Morgan fingerprint density at radius 1 is 0.576 bits per heavy atom. The highest BCUT2D eigenvalue weighted by Crippen LogP contribution is 2.43. The summed E-state index contributed by atoms with van der Waals surface area (Å²) in [6, 6.07) is 25.5. The van der Waals surface area contributed by atoms with Crippen LogP contribution in [0.15, 0.2) is 121 Å². The molecule has 4 aromatic carbocycles. The summed E-state index contributed by atoms with van der Waals surface area (Å²) in [6.45, 7) is 3.89. The van der Waals surface area contributed by atoms with Gasteiger partial charge in [0, 0.05) is 46.8 Å². The molecule has 0 aliphatic carbocycles. The van der Waals surface area contributed by atoms with Crippen LogP contribution in [0.25, 0.3) is 23.5 Å². The van der Waals surface area contributed by atoms with E-state index >= 15 is 0 Å². The van der Waals surface area contributed by atoms with E-state index in [9.17, 15) is 18.4 Å². The number of methoxy groups -OCH3 is 2. The number of carbonyl (C=O) groups is 2. The van der Waals surface area contributed by atoms with Gasteiger partial charge in [-0.25, -0.2) is 18.7 Å². The SMILES string of the molecule is COc1cc(/C=C2\CC[C@@H]3CCC[C@H](c4ccccc4F)N3C2=O)ccc1-n1cnc(C)c1.COc1cc(/C=C2\CC[C@H]3CCC[C@@H](c4ccccc4F)N3C2=O)ccc1-n1cnc(C)c1. The van der Waals surface area contributed by atoms with Gasteiger partial charge in [0.15, 0.2) is 0 Å². The van der Waals surface area contributed by atoms with Gasteiger partial charge in [-0.1, -0.05) is 48.5 Å². The number of nitrogens with zero attached hydrogens (tertiary/aromatic N) is 6. The Balaban J connectivity index is 0.000000166. The third-order valence-corrected chi connectivity index (χ3v) is 13.6. The van der Waals surface area contributed by atoms with Crippen LogP contribution in [-0.4, -0.2) is 67.0 Å². The fourth-order valence-corrected chi connectivity index (χ4v) is 10.4. The minimum Gasteiger partial charge on any atom is -0.495 e. The van der Waals surface area contributed by atoms with Gasteiger partial charge < -0.3 is 28.4 Å². The topological polar surface area (TPSA) is 94.7 Å². The summed E-state index contributed by atoms with van der Waals surface area (Å²) in [5.41, 5.74) is 8.25. The van der Waals surface area contributed by atoms with Crippen LogP contribution in [0.4, 0.5) is 8.78 Å². The Morgan fingerprint density at radius 3 is 1.38 bits per heavy atom. The highest BCUT2D eigenvalue weighted by molar-refractivity contribution is 6.00. The summed E-state index contributed by atoms with van der Waals surface area (Å²) in [6.07, 6.45) is 20.2. The molecule has 4 aliphatic heterocycles. The van der Waals surface area contributed by atoms with E-state index in [4.69, 9.17) is 9.47 Å². The first-order valence-electron chi connectivity index (χ1n) is 23.0. The van der Waals surface area contributed by atoms with E-state index < -0.39 is 0 Å².